The second-order valence-corrected chi connectivity index (χ2v) is 7.79. The second kappa shape index (κ2) is 7.76. The first-order chi connectivity index (χ1) is 12.3. The fraction of sp³-hybridized carbons (Fsp3) is 0.611. The number of ether oxygens (including phenoxy) is 1. The van der Waals surface area contributed by atoms with Crippen molar-refractivity contribution in [1.82, 2.24) is 19.9 Å². The predicted molar refractivity (Wildman–Crippen MR) is 98.9 cm³/mol. The molecule has 25 heavy (non-hydrogen) atoms. The zero-order valence-electron chi connectivity index (χ0n) is 14.7. The Balaban J connectivity index is 1.39. The van der Waals surface area contributed by atoms with Crippen molar-refractivity contribution in [2.24, 2.45) is 5.92 Å². The lowest BCUT2D eigenvalue weighted by Crippen LogP contribution is -2.46. The van der Waals surface area contributed by atoms with Crippen LogP contribution in [0.4, 0.5) is 5.95 Å². The fourth-order valence-electron chi connectivity index (χ4n) is 3.66. The minimum Gasteiger partial charge on any atom is -0.375 e. The lowest BCUT2D eigenvalue weighted by atomic mass is 9.93. The first-order valence-electron chi connectivity index (χ1n) is 9.10. The molecule has 0 aromatic carbocycles. The van der Waals surface area contributed by atoms with E-state index in [0.29, 0.717) is 12.0 Å². The van der Waals surface area contributed by atoms with Crippen molar-refractivity contribution < 1.29 is 4.74 Å². The highest BCUT2D eigenvalue weighted by Crippen LogP contribution is 2.26. The number of aryl methyl sites for hydroxylation is 1. The topological polar surface area (TPSA) is 54.4 Å². The molecular weight excluding hydrogens is 334 g/mol. The fourth-order valence-corrected chi connectivity index (χ4v) is 4.31. The molecule has 6 nitrogen and oxygen atoms in total. The first kappa shape index (κ1) is 16.9. The number of nitrogens with zero attached hydrogens (tertiary/aromatic N) is 5. The summed E-state index contributed by atoms with van der Waals surface area (Å²) in [7, 11) is 0. The Bertz CT molecular complexity index is 663. The highest BCUT2D eigenvalue weighted by atomic mass is 32.1. The first-order valence-corrected chi connectivity index (χ1v) is 9.98. The van der Waals surface area contributed by atoms with E-state index in [1.54, 1.807) is 11.3 Å². The van der Waals surface area contributed by atoms with Gasteiger partial charge >= 0.3 is 0 Å². The number of piperidine rings is 1. The SMILES string of the molecule is CCc1cnc(N2CCO[C@@H]3CN(Cc4nccs4)CC[C@@H]3C2)nc1. The maximum atomic E-state index is 6.20. The smallest absolute Gasteiger partial charge is 0.225 e. The van der Waals surface area contributed by atoms with E-state index in [1.165, 1.54) is 10.6 Å². The van der Waals surface area contributed by atoms with Gasteiger partial charge in [0.1, 0.15) is 5.01 Å². The lowest BCUT2D eigenvalue weighted by Gasteiger charge is -2.37. The van der Waals surface area contributed by atoms with Crippen molar-refractivity contribution in [3.63, 3.8) is 0 Å². The van der Waals surface area contributed by atoms with E-state index >= 15 is 0 Å². The number of fused-ring (bicyclic) bond motifs is 1. The Morgan fingerprint density at radius 1 is 1.20 bits per heavy atom. The maximum absolute atomic E-state index is 6.20. The van der Waals surface area contributed by atoms with Gasteiger partial charge in [0.25, 0.3) is 0 Å². The molecule has 2 atom stereocenters. The van der Waals surface area contributed by atoms with Gasteiger partial charge in [0, 0.05) is 49.5 Å². The van der Waals surface area contributed by atoms with E-state index in [1.807, 2.05) is 24.0 Å². The summed E-state index contributed by atoms with van der Waals surface area (Å²) in [6.45, 7) is 7.76. The molecular formula is C18H25N5OS. The molecule has 0 unspecified atom stereocenters. The van der Waals surface area contributed by atoms with Crippen LogP contribution in [0.3, 0.4) is 0 Å². The van der Waals surface area contributed by atoms with Crippen LogP contribution in [0, 0.1) is 5.92 Å². The monoisotopic (exact) mass is 359 g/mol. The van der Waals surface area contributed by atoms with E-state index in [9.17, 15) is 0 Å². The number of aromatic nitrogens is 3. The van der Waals surface area contributed by atoms with Gasteiger partial charge in [-0.15, -0.1) is 11.3 Å². The van der Waals surface area contributed by atoms with E-state index in [4.69, 9.17) is 4.74 Å². The van der Waals surface area contributed by atoms with Crippen LogP contribution in [0.2, 0.25) is 0 Å². The Labute approximate surface area is 152 Å². The van der Waals surface area contributed by atoms with Crippen LogP contribution in [-0.2, 0) is 17.7 Å². The number of anilines is 1. The van der Waals surface area contributed by atoms with Crippen LogP contribution in [0.15, 0.2) is 24.0 Å². The number of rotatable bonds is 4. The minimum absolute atomic E-state index is 0.300. The summed E-state index contributed by atoms with van der Waals surface area (Å²) in [6.07, 6.45) is 8.21. The van der Waals surface area contributed by atoms with Gasteiger partial charge in [0.2, 0.25) is 5.95 Å². The zero-order valence-corrected chi connectivity index (χ0v) is 15.5. The number of hydrogen-bond donors (Lipinski definition) is 0. The molecule has 0 bridgehead atoms. The summed E-state index contributed by atoms with van der Waals surface area (Å²) in [5.74, 6) is 1.39. The van der Waals surface area contributed by atoms with E-state index in [0.717, 1.165) is 58.1 Å². The third kappa shape index (κ3) is 3.99. The molecule has 4 rings (SSSR count). The molecule has 0 saturated carbocycles. The molecule has 2 aliphatic heterocycles. The van der Waals surface area contributed by atoms with Crippen LogP contribution in [0.5, 0.6) is 0 Å². The molecule has 0 N–H and O–H groups in total. The second-order valence-electron chi connectivity index (χ2n) is 6.81. The maximum Gasteiger partial charge on any atom is 0.225 e. The van der Waals surface area contributed by atoms with Gasteiger partial charge in [-0.25, -0.2) is 15.0 Å². The van der Waals surface area contributed by atoms with Gasteiger partial charge in [-0.2, -0.15) is 0 Å². The lowest BCUT2D eigenvalue weighted by molar-refractivity contribution is -0.0239. The normalized spacial score (nSPS) is 24.8. The van der Waals surface area contributed by atoms with E-state index in [2.05, 4.69) is 31.7 Å². The quantitative estimate of drug-likeness (QED) is 0.834. The van der Waals surface area contributed by atoms with Crippen LogP contribution in [0.1, 0.15) is 23.9 Å². The van der Waals surface area contributed by atoms with Gasteiger partial charge in [-0.1, -0.05) is 6.92 Å². The van der Waals surface area contributed by atoms with Gasteiger partial charge < -0.3 is 9.64 Å². The molecule has 0 aliphatic carbocycles. The molecule has 2 fully saturated rings. The molecule has 0 radical (unpaired) electrons. The van der Waals surface area contributed by atoms with Gasteiger partial charge in [0.05, 0.1) is 19.3 Å². The summed E-state index contributed by atoms with van der Waals surface area (Å²) in [6, 6.07) is 0. The number of likely N-dealkylation sites (tertiary alicyclic amines) is 1. The summed E-state index contributed by atoms with van der Waals surface area (Å²) >= 11 is 1.73. The molecule has 2 aromatic rings. The third-order valence-corrected chi connectivity index (χ3v) is 5.92. The van der Waals surface area contributed by atoms with Gasteiger partial charge in [-0.3, -0.25) is 4.90 Å². The highest BCUT2D eigenvalue weighted by Gasteiger charge is 2.34. The molecule has 2 aromatic heterocycles. The Morgan fingerprint density at radius 2 is 2.08 bits per heavy atom. The van der Waals surface area contributed by atoms with Crippen LogP contribution in [0.25, 0.3) is 0 Å². The highest BCUT2D eigenvalue weighted by molar-refractivity contribution is 7.09. The standard InChI is InChI=1S/C18H25N5OS/c1-2-14-9-20-18(21-10-14)23-6-7-24-16-12-22(5-3-15(16)11-23)13-17-19-4-8-25-17/h4,8-10,15-16H,2-3,5-7,11-13H2,1H3/t15-,16-/m1/s1. The van der Waals surface area contributed by atoms with E-state index < -0.39 is 0 Å². The van der Waals surface area contributed by atoms with E-state index in [-0.39, 0.29) is 0 Å². The number of hydrogen-bond acceptors (Lipinski definition) is 7. The predicted octanol–water partition coefficient (Wildman–Crippen LogP) is 2.22. The summed E-state index contributed by atoms with van der Waals surface area (Å²) in [4.78, 5) is 18.3. The van der Waals surface area contributed by atoms with Crippen molar-refractivity contribution in [2.45, 2.75) is 32.4 Å². The molecule has 2 saturated heterocycles. The van der Waals surface area contributed by atoms with Gasteiger partial charge in [0.15, 0.2) is 0 Å². The molecule has 0 spiro atoms. The largest absolute Gasteiger partial charge is 0.375 e. The van der Waals surface area contributed by atoms with Crippen LogP contribution >= 0.6 is 11.3 Å². The van der Waals surface area contributed by atoms with Crippen molar-refractivity contribution in [3.05, 3.63) is 34.5 Å². The summed E-state index contributed by atoms with van der Waals surface area (Å²) < 4.78 is 6.20. The Hall–Kier alpha value is -1.57. The average Bonchev–Trinajstić information content (AvgIpc) is 3.06. The minimum atomic E-state index is 0.300. The van der Waals surface area contributed by atoms with Crippen molar-refractivity contribution in [1.29, 1.82) is 0 Å². The van der Waals surface area contributed by atoms with Crippen LogP contribution in [-0.4, -0.2) is 58.7 Å². The molecule has 134 valence electrons. The van der Waals surface area contributed by atoms with Gasteiger partial charge in [-0.05, 0) is 24.9 Å². The number of thiazole rings is 1. The zero-order chi connectivity index (χ0) is 17.1. The third-order valence-electron chi connectivity index (χ3n) is 5.15. The van der Waals surface area contributed by atoms with Crippen molar-refractivity contribution in [2.75, 3.05) is 37.7 Å². The van der Waals surface area contributed by atoms with Crippen molar-refractivity contribution >= 4 is 17.3 Å². The summed E-state index contributed by atoms with van der Waals surface area (Å²) in [5, 5.41) is 3.24. The Morgan fingerprint density at radius 3 is 2.84 bits per heavy atom. The average molecular weight is 359 g/mol. The molecule has 2 aliphatic rings. The Kier molecular flexibility index (Phi) is 5.24. The summed E-state index contributed by atoms with van der Waals surface area (Å²) in [5.41, 5.74) is 1.18. The van der Waals surface area contributed by atoms with Crippen molar-refractivity contribution in [3.8, 4) is 0 Å². The molecule has 4 heterocycles. The molecule has 7 heteroatoms. The molecule has 0 amide bonds. The van der Waals surface area contributed by atoms with Crippen LogP contribution < -0.4 is 4.90 Å².